The monoisotopic (exact) mass is 485 g/mol. The molecule has 0 unspecified atom stereocenters. The molecule has 0 aromatic heterocycles. The van der Waals surface area contributed by atoms with Crippen molar-refractivity contribution >= 4 is 16.5 Å². The van der Waals surface area contributed by atoms with Gasteiger partial charge >= 0.3 is 131 Å². The summed E-state index contributed by atoms with van der Waals surface area (Å²) >= 11 is -1.58. The van der Waals surface area contributed by atoms with Crippen LogP contribution in [0.3, 0.4) is 0 Å². The van der Waals surface area contributed by atoms with Crippen LogP contribution in [0.25, 0.3) is 10.8 Å². The van der Waals surface area contributed by atoms with Crippen molar-refractivity contribution < 1.29 is 53.7 Å². The van der Waals surface area contributed by atoms with Gasteiger partial charge in [0.25, 0.3) is 0 Å². The number of nitrogens with zero attached hydrogens (tertiary/aromatic N) is 4. The summed E-state index contributed by atoms with van der Waals surface area (Å²) in [5.41, 5.74) is 0.298. The van der Waals surface area contributed by atoms with Gasteiger partial charge in [-0.05, 0) is 0 Å². The van der Waals surface area contributed by atoms with Crippen LogP contribution < -0.4 is 47.5 Å². The summed E-state index contributed by atoms with van der Waals surface area (Å²) in [5.74, 6) is -0.0825. The Labute approximate surface area is 130 Å². The molecule has 102 valence electrons. The van der Waals surface area contributed by atoms with E-state index in [0.29, 0.717) is 11.1 Å². The molecule has 0 heterocycles. The SMILES string of the molecule is N[I-]N=N[I-]N=Nc1ccc2cccc(O)c2c1O. The fraction of sp³-hybridized carbons (Fsp3) is 0. The van der Waals surface area contributed by atoms with Gasteiger partial charge in [0.05, 0.1) is 0 Å². The number of rotatable bonds is 4. The molecule has 9 heteroatoms. The van der Waals surface area contributed by atoms with Crippen molar-refractivity contribution in [2.24, 2.45) is 19.0 Å². The zero-order chi connectivity index (χ0) is 13.7. The van der Waals surface area contributed by atoms with Gasteiger partial charge in [-0.3, -0.25) is 0 Å². The number of phenolic OH excluding ortho intramolecular Hbond substituents is 2. The fourth-order valence-corrected chi connectivity index (χ4v) is 3.22. The molecule has 0 atom stereocenters. The van der Waals surface area contributed by atoms with E-state index in [-0.39, 0.29) is 11.5 Å². The number of hydrogen-bond acceptors (Lipinski definition) is 7. The molecule has 0 saturated heterocycles. The van der Waals surface area contributed by atoms with Crippen LogP contribution in [0.2, 0.25) is 0 Å². The van der Waals surface area contributed by atoms with Crippen LogP contribution in [-0.2, 0) is 0 Å². The average molecular weight is 485 g/mol. The van der Waals surface area contributed by atoms with Crippen LogP contribution in [0.15, 0.2) is 45.4 Å². The second-order valence-electron chi connectivity index (χ2n) is 3.31. The molecule has 4 N–H and O–H groups in total. The van der Waals surface area contributed by atoms with Crippen LogP contribution in [0, 0.1) is 0 Å². The van der Waals surface area contributed by atoms with Gasteiger partial charge in [0.15, 0.2) is 0 Å². The van der Waals surface area contributed by atoms with Gasteiger partial charge in [-0.15, -0.1) is 0 Å². The molecule has 0 aliphatic rings. The normalized spacial score (nSPS) is 12.3. The fourth-order valence-electron chi connectivity index (χ4n) is 1.51. The molecular weight excluding hydrogens is 476 g/mol. The summed E-state index contributed by atoms with van der Waals surface area (Å²) in [4.78, 5) is 0. The molecule has 7 nitrogen and oxygen atoms in total. The van der Waals surface area contributed by atoms with E-state index in [0.717, 1.165) is 5.39 Å². The van der Waals surface area contributed by atoms with E-state index in [1.807, 2.05) is 0 Å². The van der Waals surface area contributed by atoms with Crippen LogP contribution in [-0.4, -0.2) is 10.2 Å². The molecule has 2 rings (SSSR count). The Hall–Kier alpha value is -1.08. The Morgan fingerprint density at radius 1 is 1.00 bits per heavy atom. The minimum absolute atomic E-state index is 0.00863. The van der Waals surface area contributed by atoms with E-state index >= 15 is 0 Å². The van der Waals surface area contributed by atoms with Crippen molar-refractivity contribution in [3.8, 4) is 11.5 Å². The first-order chi connectivity index (χ1) is 9.24. The summed E-state index contributed by atoms with van der Waals surface area (Å²) in [7, 11) is 0. The quantitative estimate of drug-likeness (QED) is 0.238. The molecule has 19 heavy (non-hydrogen) atoms. The van der Waals surface area contributed by atoms with Gasteiger partial charge in [-0.2, -0.15) is 0 Å². The second-order valence-corrected chi connectivity index (χ2v) is 5.59. The Kier molecular flexibility index (Phi) is 5.21. The maximum absolute atomic E-state index is 10.1. The molecule has 0 radical (unpaired) electrons. The second kappa shape index (κ2) is 6.91. The standard InChI is InChI=1S/C10H9I2N5O2/c13-11-15-17-12-16-14-7-5-4-6-2-1-3-8(18)9(6)10(7)19/h1-5,18-19H,13H2/q-2. The molecule has 0 aliphatic heterocycles. The molecule has 2 aromatic carbocycles. The van der Waals surface area contributed by atoms with E-state index < -0.39 is 43.5 Å². The van der Waals surface area contributed by atoms with E-state index in [1.54, 1.807) is 24.3 Å². The van der Waals surface area contributed by atoms with Crippen LogP contribution >= 0.6 is 0 Å². The summed E-state index contributed by atoms with van der Waals surface area (Å²) in [6.07, 6.45) is 0. The van der Waals surface area contributed by atoms with Crippen molar-refractivity contribution in [3.05, 3.63) is 30.3 Å². The molecule has 0 spiro atoms. The van der Waals surface area contributed by atoms with Gasteiger partial charge in [-0.25, -0.2) is 0 Å². The van der Waals surface area contributed by atoms with Gasteiger partial charge in [0.1, 0.15) is 0 Å². The number of aromatic hydroxyl groups is 2. The van der Waals surface area contributed by atoms with Crippen molar-refractivity contribution in [2.75, 3.05) is 0 Å². The summed E-state index contributed by atoms with van der Waals surface area (Å²) < 4.78 is 16.6. The van der Waals surface area contributed by atoms with Crippen molar-refractivity contribution in [1.29, 1.82) is 0 Å². The van der Waals surface area contributed by atoms with Crippen LogP contribution in [0.5, 0.6) is 11.5 Å². The van der Waals surface area contributed by atoms with E-state index in [4.69, 9.17) is 3.95 Å². The van der Waals surface area contributed by atoms with Crippen LogP contribution in [0.1, 0.15) is 0 Å². The molecule has 0 amide bonds. The van der Waals surface area contributed by atoms with E-state index in [2.05, 4.69) is 15.1 Å². The first kappa shape index (κ1) is 14.3. The number of fused-ring (bicyclic) bond motifs is 1. The van der Waals surface area contributed by atoms with E-state index in [1.165, 1.54) is 6.07 Å². The number of hydrogen-bond donors (Lipinski definition) is 3. The Morgan fingerprint density at radius 3 is 2.63 bits per heavy atom. The topological polar surface area (TPSA) is 116 Å². The maximum atomic E-state index is 10.1. The zero-order valence-electron chi connectivity index (χ0n) is 9.40. The molecular formula is C10H9I2N5O2-2. The molecule has 0 bridgehead atoms. The molecule has 0 fully saturated rings. The third-order valence-corrected chi connectivity index (χ3v) is 4.37. The Morgan fingerprint density at radius 2 is 1.84 bits per heavy atom. The van der Waals surface area contributed by atoms with Crippen molar-refractivity contribution in [1.82, 2.24) is 0 Å². The van der Waals surface area contributed by atoms with Crippen molar-refractivity contribution in [2.45, 2.75) is 0 Å². The van der Waals surface area contributed by atoms with Crippen LogP contribution in [0.4, 0.5) is 5.69 Å². The first-order valence-corrected chi connectivity index (χ1v) is 9.09. The summed E-state index contributed by atoms with van der Waals surface area (Å²) in [6, 6.07) is 8.41. The third kappa shape index (κ3) is 3.48. The summed E-state index contributed by atoms with van der Waals surface area (Å²) in [5, 5.41) is 24.8. The molecule has 0 saturated carbocycles. The zero-order valence-corrected chi connectivity index (χ0v) is 13.7. The van der Waals surface area contributed by atoms with Gasteiger partial charge in [-0.1, -0.05) is 0 Å². The molecule has 0 aliphatic carbocycles. The van der Waals surface area contributed by atoms with Gasteiger partial charge < -0.3 is 0 Å². The first-order valence-electron chi connectivity index (χ1n) is 4.95. The summed E-state index contributed by atoms with van der Waals surface area (Å²) in [6.45, 7) is 0. The van der Waals surface area contributed by atoms with Gasteiger partial charge in [0, 0.05) is 0 Å². The van der Waals surface area contributed by atoms with Gasteiger partial charge in [0.2, 0.25) is 0 Å². The predicted octanol–water partition coefficient (Wildman–Crippen LogP) is -3.42. The third-order valence-electron chi connectivity index (χ3n) is 2.26. The number of benzene rings is 2. The average Bonchev–Trinajstić information content (AvgIpc) is 2.41. The number of halogens is 2. The Bertz CT molecular complexity index is 647. The number of phenols is 2. The predicted molar refractivity (Wildman–Crippen MR) is 60.8 cm³/mol. The minimum atomic E-state index is -0.882. The number of nitrogens with two attached hydrogens (primary N) is 1. The molecule has 2 aromatic rings. The Balaban J connectivity index is 2.32. The van der Waals surface area contributed by atoms with Crippen molar-refractivity contribution in [3.63, 3.8) is 0 Å². The van der Waals surface area contributed by atoms with E-state index in [9.17, 15) is 10.2 Å².